The van der Waals surface area contributed by atoms with Crippen LogP contribution in [0, 0.1) is 11.3 Å². The molecule has 1 fully saturated rings. The summed E-state index contributed by atoms with van der Waals surface area (Å²) in [7, 11) is -3.85. The summed E-state index contributed by atoms with van der Waals surface area (Å²) in [6, 6.07) is 5.67. The van der Waals surface area contributed by atoms with Gasteiger partial charge in [0, 0.05) is 24.9 Å². The van der Waals surface area contributed by atoms with Crippen molar-refractivity contribution < 1.29 is 26.7 Å². The SMILES string of the molecule is CCS(=O)(=O)c1c(-c2cnc3c(c2C2(C)OC=CO2)NC(F)(F)N3)nn2cc(C3(C#N)CC3)ccc12. The highest BCUT2D eigenvalue weighted by molar-refractivity contribution is 7.91. The van der Waals surface area contributed by atoms with E-state index in [1.54, 1.807) is 18.3 Å². The van der Waals surface area contributed by atoms with Gasteiger partial charge in [-0.15, -0.1) is 0 Å². The predicted molar refractivity (Wildman–Crippen MR) is 124 cm³/mol. The van der Waals surface area contributed by atoms with Gasteiger partial charge in [0.15, 0.2) is 15.7 Å². The molecule has 1 saturated carbocycles. The Balaban J connectivity index is 1.65. The Kier molecular flexibility index (Phi) is 4.42. The smallest absolute Gasteiger partial charge is 0.410 e. The fourth-order valence-corrected chi connectivity index (χ4v) is 5.92. The third-order valence-electron chi connectivity index (χ3n) is 6.78. The van der Waals surface area contributed by atoms with Gasteiger partial charge in [0.2, 0.25) is 0 Å². The molecule has 2 N–H and O–H groups in total. The molecular weight excluding hydrogens is 494 g/mol. The van der Waals surface area contributed by atoms with Gasteiger partial charge >= 0.3 is 6.17 Å². The first kappa shape index (κ1) is 22.5. The van der Waals surface area contributed by atoms with Gasteiger partial charge in [-0.25, -0.2) is 17.9 Å². The van der Waals surface area contributed by atoms with Crippen LogP contribution in [0.15, 0.2) is 41.9 Å². The maximum absolute atomic E-state index is 14.2. The lowest BCUT2D eigenvalue weighted by atomic mass is 9.97. The van der Waals surface area contributed by atoms with Crippen LogP contribution in [0.1, 0.15) is 37.8 Å². The van der Waals surface area contributed by atoms with Gasteiger partial charge in [0.25, 0.3) is 5.79 Å². The summed E-state index contributed by atoms with van der Waals surface area (Å²) in [4.78, 5) is 4.05. The summed E-state index contributed by atoms with van der Waals surface area (Å²) in [6.07, 6.45) is 3.37. The first-order chi connectivity index (χ1) is 17.0. The van der Waals surface area contributed by atoms with Crippen molar-refractivity contribution in [2.24, 2.45) is 0 Å². The molecule has 3 aliphatic rings. The molecule has 2 aliphatic heterocycles. The summed E-state index contributed by atoms with van der Waals surface area (Å²) < 4.78 is 67.8. The van der Waals surface area contributed by atoms with Crippen LogP contribution < -0.4 is 10.6 Å². The number of pyridine rings is 2. The number of nitrogens with zero attached hydrogens (tertiary/aromatic N) is 4. The number of ether oxygens (including phenoxy) is 2. The van der Waals surface area contributed by atoms with E-state index in [-0.39, 0.29) is 39.0 Å². The molecule has 0 bridgehead atoms. The molecule has 1 aliphatic carbocycles. The summed E-state index contributed by atoms with van der Waals surface area (Å²) in [5.41, 5.74) is 0.573. The molecule has 13 heteroatoms. The van der Waals surface area contributed by atoms with Crippen LogP contribution in [0.5, 0.6) is 0 Å². The van der Waals surface area contributed by atoms with E-state index >= 15 is 0 Å². The second-order valence-electron chi connectivity index (χ2n) is 9.07. The molecular formula is C23H20F2N6O4S. The lowest BCUT2D eigenvalue weighted by Crippen LogP contribution is -2.31. The minimum atomic E-state index is -3.85. The number of fused-ring (bicyclic) bond motifs is 2. The van der Waals surface area contributed by atoms with Crippen LogP contribution >= 0.6 is 0 Å². The van der Waals surface area contributed by atoms with Gasteiger partial charge in [-0.1, -0.05) is 13.0 Å². The summed E-state index contributed by atoms with van der Waals surface area (Å²) >= 11 is 0. The number of aromatic nitrogens is 3. The zero-order chi connectivity index (χ0) is 25.5. The Bertz CT molecular complexity index is 1610. The van der Waals surface area contributed by atoms with Crippen LogP contribution in [0.2, 0.25) is 0 Å². The minimum Gasteiger partial charge on any atom is -0.453 e. The van der Waals surface area contributed by atoms with Gasteiger partial charge in [-0.05, 0) is 24.5 Å². The number of rotatable bonds is 5. The quantitative estimate of drug-likeness (QED) is 0.488. The van der Waals surface area contributed by atoms with Crippen molar-refractivity contribution in [3.05, 3.63) is 48.2 Å². The molecule has 5 heterocycles. The lowest BCUT2D eigenvalue weighted by molar-refractivity contribution is -0.132. The molecule has 6 rings (SSSR count). The van der Waals surface area contributed by atoms with Gasteiger partial charge in [0.05, 0.1) is 34.0 Å². The van der Waals surface area contributed by atoms with E-state index in [0.717, 1.165) is 5.56 Å². The van der Waals surface area contributed by atoms with Crippen molar-refractivity contribution in [1.29, 1.82) is 5.26 Å². The summed E-state index contributed by atoms with van der Waals surface area (Å²) in [5.74, 6) is -1.93. The molecule has 0 aromatic carbocycles. The average molecular weight is 515 g/mol. The minimum absolute atomic E-state index is 0.0124. The molecule has 0 amide bonds. The van der Waals surface area contributed by atoms with Crippen molar-refractivity contribution in [2.45, 2.75) is 49.0 Å². The molecule has 0 saturated heterocycles. The van der Waals surface area contributed by atoms with Gasteiger partial charge < -0.3 is 14.8 Å². The molecule has 0 atom stereocenters. The van der Waals surface area contributed by atoms with E-state index in [4.69, 9.17) is 9.47 Å². The second kappa shape index (κ2) is 7.07. The molecule has 0 spiro atoms. The lowest BCUT2D eigenvalue weighted by Gasteiger charge is -2.27. The van der Waals surface area contributed by atoms with E-state index in [9.17, 15) is 22.5 Å². The van der Waals surface area contributed by atoms with E-state index < -0.39 is 27.2 Å². The molecule has 186 valence electrons. The highest BCUT2D eigenvalue weighted by Gasteiger charge is 2.48. The highest BCUT2D eigenvalue weighted by Crippen LogP contribution is 2.50. The van der Waals surface area contributed by atoms with Crippen LogP contribution in [0.3, 0.4) is 0 Å². The number of hydrogen-bond donors (Lipinski definition) is 2. The van der Waals surface area contributed by atoms with Gasteiger partial charge in [-0.3, -0.25) is 5.32 Å². The van der Waals surface area contributed by atoms with E-state index in [0.29, 0.717) is 18.4 Å². The third-order valence-corrected chi connectivity index (χ3v) is 8.56. The highest BCUT2D eigenvalue weighted by atomic mass is 32.2. The number of alkyl halides is 2. The molecule has 0 unspecified atom stereocenters. The van der Waals surface area contributed by atoms with Crippen molar-refractivity contribution in [1.82, 2.24) is 14.6 Å². The normalized spacial score (nSPS) is 20.1. The summed E-state index contributed by atoms with van der Waals surface area (Å²) in [6.45, 7) is 3.03. The van der Waals surface area contributed by atoms with E-state index in [1.165, 1.54) is 37.1 Å². The fraction of sp³-hybridized carbons (Fsp3) is 0.348. The standard InChI is InChI=1S/C23H20F2N6O4S/c1-3-36(32,33)19-15-5-4-13(22(12-26)6-7-22)11-31(15)30-17(19)14-10-27-20-18(28-23(24,25)29-20)16(14)21(2)34-8-9-35-21/h4-5,8-11,28H,3,6-7H2,1-2H3,(H,27,29). The van der Waals surface area contributed by atoms with Crippen molar-refractivity contribution in [2.75, 3.05) is 16.4 Å². The predicted octanol–water partition coefficient (Wildman–Crippen LogP) is 3.82. The third kappa shape index (κ3) is 3.13. The fourth-order valence-electron chi connectivity index (χ4n) is 4.70. The van der Waals surface area contributed by atoms with Crippen LogP contribution in [-0.4, -0.2) is 34.9 Å². The Morgan fingerprint density at radius 1 is 1.22 bits per heavy atom. The molecule has 36 heavy (non-hydrogen) atoms. The number of nitrogens with one attached hydrogen (secondary N) is 2. The number of sulfone groups is 1. The van der Waals surface area contributed by atoms with Crippen LogP contribution in [0.25, 0.3) is 16.8 Å². The molecule has 3 aromatic rings. The average Bonchev–Trinajstić information content (AvgIpc) is 3.17. The Hall–Kier alpha value is -3.92. The second-order valence-corrected chi connectivity index (χ2v) is 11.3. The number of hydrogen-bond acceptors (Lipinski definition) is 9. The van der Waals surface area contributed by atoms with E-state index in [1.807, 2.05) is 5.32 Å². The van der Waals surface area contributed by atoms with Crippen molar-refractivity contribution >= 4 is 26.9 Å². The Morgan fingerprint density at radius 2 is 1.94 bits per heavy atom. The zero-order valence-electron chi connectivity index (χ0n) is 19.2. The van der Waals surface area contributed by atoms with Crippen LogP contribution in [0.4, 0.5) is 20.3 Å². The number of nitriles is 1. The monoisotopic (exact) mass is 514 g/mol. The first-order valence-corrected chi connectivity index (χ1v) is 12.8. The maximum atomic E-state index is 14.2. The maximum Gasteiger partial charge on any atom is 0.410 e. The zero-order valence-corrected chi connectivity index (χ0v) is 20.0. The molecule has 3 aromatic heterocycles. The van der Waals surface area contributed by atoms with Gasteiger partial charge in [-0.2, -0.15) is 19.1 Å². The molecule has 10 nitrogen and oxygen atoms in total. The summed E-state index contributed by atoms with van der Waals surface area (Å²) in [5, 5.41) is 18.3. The Morgan fingerprint density at radius 3 is 2.58 bits per heavy atom. The first-order valence-electron chi connectivity index (χ1n) is 11.2. The van der Waals surface area contributed by atoms with Gasteiger partial charge in [0.1, 0.15) is 23.1 Å². The number of halogens is 2. The van der Waals surface area contributed by atoms with Crippen molar-refractivity contribution in [3.63, 3.8) is 0 Å². The molecule has 0 radical (unpaired) electrons. The van der Waals surface area contributed by atoms with Crippen molar-refractivity contribution in [3.8, 4) is 17.3 Å². The van der Waals surface area contributed by atoms with Crippen LogP contribution in [-0.2, 0) is 30.5 Å². The Labute approximate surface area is 204 Å². The largest absolute Gasteiger partial charge is 0.453 e. The van der Waals surface area contributed by atoms with E-state index in [2.05, 4.69) is 21.5 Å². The topological polar surface area (TPSA) is 131 Å². The number of anilines is 2.